The summed E-state index contributed by atoms with van der Waals surface area (Å²) in [6.45, 7) is 8.34. The summed E-state index contributed by atoms with van der Waals surface area (Å²) in [4.78, 5) is 27.1. The van der Waals surface area contributed by atoms with Crippen molar-refractivity contribution in [2.24, 2.45) is 10.6 Å². The van der Waals surface area contributed by atoms with Crippen LogP contribution in [0.15, 0.2) is 52.7 Å². The van der Waals surface area contributed by atoms with E-state index in [4.69, 9.17) is 4.84 Å². The Morgan fingerprint density at radius 1 is 1.38 bits per heavy atom. The molecule has 1 aromatic rings. The van der Waals surface area contributed by atoms with Crippen molar-refractivity contribution in [2.45, 2.75) is 47.0 Å². The number of nitrogens with zero attached hydrogens (tertiary/aromatic N) is 2. The second-order valence-electron chi connectivity index (χ2n) is 7.18. The summed E-state index contributed by atoms with van der Waals surface area (Å²) in [5, 5.41) is 14.6. The lowest BCUT2D eigenvalue weighted by Crippen LogP contribution is -2.19. The molecule has 0 saturated heterocycles. The molecule has 0 atom stereocenters. The largest absolute Gasteiger partial charge is 0.365 e. The molecule has 1 aliphatic carbocycles. The molecule has 1 aliphatic rings. The van der Waals surface area contributed by atoms with Gasteiger partial charge in [0.1, 0.15) is 0 Å². The lowest BCUT2D eigenvalue weighted by atomic mass is 9.72. The van der Waals surface area contributed by atoms with Crippen molar-refractivity contribution in [3.8, 4) is 0 Å². The number of benzene rings is 1. The fraction of sp³-hybridized carbons (Fsp3) is 0.400. The van der Waals surface area contributed by atoms with E-state index in [9.17, 15) is 14.9 Å². The zero-order valence-corrected chi connectivity index (χ0v) is 15.6. The second-order valence-corrected chi connectivity index (χ2v) is 7.18. The molecule has 0 amide bonds. The SMILES string of the molecule is CC1=C(/C=C/C(C)=N/OC(=O)c2cccc([N+](=O)[O-])c2)C(C)(C)CCC1. The second kappa shape index (κ2) is 8.08. The van der Waals surface area contributed by atoms with E-state index in [0.29, 0.717) is 5.71 Å². The van der Waals surface area contributed by atoms with Crippen molar-refractivity contribution in [1.82, 2.24) is 0 Å². The van der Waals surface area contributed by atoms with Gasteiger partial charge in [0.25, 0.3) is 5.69 Å². The van der Waals surface area contributed by atoms with Crippen LogP contribution in [0, 0.1) is 15.5 Å². The zero-order valence-electron chi connectivity index (χ0n) is 15.6. The summed E-state index contributed by atoms with van der Waals surface area (Å²) < 4.78 is 0. The van der Waals surface area contributed by atoms with Crippen molar-refractivity contribution in [1.29, 1.82) is 0 Å². The van der Waals surface area contributed by atoms with E-state index in [1.165, 1.54) is 41.8 Å². The van der Waals surface area contributed by atoms with Gasteiger partial charge in [0.15, 0.2) is 0 Å². The number of nitro benzene ring substituents is 1. The first-order valence-corrected chi connectivity index (χ1v) is 8.59. The van der Waals surface area contributed by atoms with E-state index in [-0.39, 0.29) is 16.7 Å². The van der Waals surface area contributed by atoms with Gasteiger partial charge in [-0.3, -0.25) is 10.1 Å². The summed E-state index contributed by atoms with van der Waals surface area (Å²) in [5.41, 5.74) is 3.26. The molecule has 0 aromatic heterocycles. The van der Waals surface area contributed by atoms with Gasteiger partial charge in [0, 0.05) is 12.1 Å². The van der Waals surface area contributed by atoms with Crippen molar-refractivity contribution >= 4 is 17.4 Å². The molecule has 6 heteroatoms. The van der Waals surface area contributed by atoms with E-state index in [2.05, 4.69) is 25.9 Å². The van der Waals surface area contributed by atoms with Crippen molar-refractivity contribution in [3.63, 3.8) is 0 Å². The maximum Gasteiger partial charge on any atom is 0.365 e. The van der Waals surface area contributed by atoms with Crippen LogP contribution in [0.2, 0.25) is 0 Å². The maximum absolute atomic E-state index is 12.0. The number of nitro groups is 1. The predicted octanol–water partition coefficient (Wildman–Crippen LogP) is 5.21. The van der Waals surface area contributed by atoms with Crippen LogP contribution in [0.1, 0.15) is 57.3 Å². The van der Waals surface area contributed by atoms with Crippen LogP contribution < -0.4 is 0 Å². The normalized spacial score (nSPS) is 17.5. The van der Waals surface area contributed by atoms with Crippen LogP contribution in [0.5, 0.6) is 0 Å². The van der Waals surface area contributed by atoms with Crippen molar-refractivity contribution < 1.29 is 14.6 Å². The first-order valence-electron chi connectivity index (χ1n) is 8.59. The Morgan fingerprint density at radius 2 is 2.12 bits per heavy atom. The summed E-state index contributed by atoms with van der Waals surface area (Å²) in [5.74, 6) is -0.727. The van der Waals surface area contributed by atoms with Crippen molar-refractivity contribution in [2.75, 3.05) is 0 Å². The molecule has 0 saturated carbocycles. The van der Waals surface area contributed by atoms with Gasteiger partial charge < -0.3 is 4.84 Å². The molecular formula is C20H24N2O4. The molecule has 0 aliphatic heterocycles. The van der Waals surface area contributed by atoms with Gasteiger partial charge in [-0.25, -0.2) is 4.79 Å². The molecule has 26 heavy (non-hydrogen) atoms. The maximum atomic E-state index is 12.0. The molecule has 0 heterocycles. The molecule has 6 nitrogen and oxygen atoms in total. The standard InChI is InChI=1S/C20H24N2O4/c1-14-7-6-12-20(3,4)18(14)11-10-15(2)21-26-19(23)16-8-5-9-17(13-16)22(24)25/h5,8-11,13H,6-7,12H2,1-4H3/b11-10+,21-15+. The van der Waals surface area contributed by atoms with Crippen LogP contribution in [0.3, 0.4) is 0 Å². The van der Waals surface area contributed by atoms with Crippen LogP contribution in [0.25, 0.3) is 0 Å². The van der Waals surface area contributed by atoms with Crippen LogP contribution in [-0.2, 0) is 4.84 Å². The van der Waals surface area contributed by atoms with E-state index < -0.39 is 10.9 Å². The van der Waals surface area contributed by atoms with E-state index in [1.54, 1.807) is 6.92 Å². The fourth-order valence-electron chi connectivity index (χ4n) is 3.16. The molecular weight excluding hydrogens is 332 g/mol. The number of hydrogen-bond acceptors (Lipinski definition) is 5. The van der Waals surface area contributed by atoms with Crippen LogP contribution >= 0.6 is 0 Å². The number of carbonyl (C=O) groups is 1. The van der Waals surface area contributed by atoms with Gasteiger partial charge in [0.2, 0.25) is 0 Å². The number of allylic oxidation sites excluding steroid dienone is 4. The Labute approximate surface area is 153 Å². The summed E-state index contributed by atoms with van der Waals surface area (Å²) in [6.07, 6.45) is 7.30. The Kier molecular flexibility index (Phi) is 6.08. The third-order valence-electron chi connectivity index (χ3n) is 4.60. The summed E-state index contributed by atoms with van der Waals surface area (Å²) in [7, 11) is 0. The number of hydrogen-bond donors (Lipinski definition) is 0. The van der Waals surface area contributed by atoms with E-state index in [0.717, 1.165) is 12.8 Å². The number of oxime groups is 1. The van der Waals surface area contributed by atoms with Gasteiger partial charge in [-0.2, -0.15) is 0 Å². The average Bonchev–Trinajstić information content (AvgIpc) is 2.58. The highest BCUT2D eigenvalue weighted by Gasteiger charge is 2.26. The molecule has 0 spiro atoms. The highest BCUT2D eigenvalue weighted by atomic mass is 16.7. The molecule has 0 radical (unpaired) electrons. The van der Waals surface area contributed by atoms with Gasteiger partial charge in [-0.15, -0.1) is 0 Å². The lowest BCUT2D eigenvalue weighted by Gasteiger charge is -2.32. The molecule has 138 valence electrons. The Hall–Kier alpha value is -2.76. The minimum atomic E-state index is -0.727. The van der Waals surface area contributed by atoms with Gasteiger partial charge in [0.05, 0.1) is 16.2 Å². The van der Waals surface area contributed by atoms with E-state index in [1.807, 2.05) is 12.2 Å². The number of non-ortho nitro benzene ring substituents is 1. The molecule has 2 rings (SSSR count). The van der Waals surface area contributed by atoms with Crippen LogP contribution in [-0.4, -0.2) is 16.6 Å². The highest BCUT2D eigenvalue weighted by molar-refractivity contribution is 5.95. The topological polar surface area (TPSA) is 81.8 Å². The summed E-state index contributed by atoms with van der Waals surface area (Å²) >= 11 is 0. The smallest absolute Gasteiger partial charge is 0.313 e. The lowest BCUT2D eigenvalue weighted by molar-refractivity contribution is -0.384. The van der Waals surface area contributed by atoms with Gasteiger partial charge >= 0.3 is 5.97 Å². The number of rotatable bonds is 5. The minimum Gasteiger partial charge on any atom is -0.313 e. The number of carbonyl (C=O) groups excluding carboxylic acids is 1. The molecule has 1 aromatic carbocycles. The highest BCUT2D eigenvalue weighted by Crippen LogP contribution is 2.40. The van der Waals surface area contributed by atoms with E-state index >= 15 is 0 Å². The third-order valence-corrected chi connectivity index (χ3v) is 4.60. The quantitative estimate of drug-likeness (QED) is 0.314. The molecule has 0 bridgehead atoms. The molecule has 0 unspecified atom stereocenters. The van der Waals surface area contributed by atoms with Crippen molar-refractivity contribution in [3.05, 3.63) is 63.2 Å². The zero-order chi connectivity index (χ0) is 19.3. The third kappa shape index (κ3) is 4.88. The predicted molar refractivity (Wildman–Crippen MR) is 101 cm³/mol. The molecule has 0 N–H and O–H groups in total. The minimum absolute atomic E-state index is 0.0895. The Balaban J connectivity index is 2.07. The van der Waals surface area contributed by atoms with Gasteiger partial charge in [-0.1, -0.05) is 36.7 Å². The Morgan fingerprint density at radius 3 is 2.77 bits per heavy atom. The average molecular weight is 356 g/mol. The van der Waals surface area contributed by atoms with Gasteiger partial charge in [-0.05, 0) is 56.2 Å². The molecule has 0 fully saturated rings. The van der Waals surface area contributed by atoms with Crippen LogP contribution in [0.4, 0.5) is 5.69 Å². The monoisotopic (exact) mass is 356 g/mol. The summed E-state index contributed by atoms with van der Waals surface area (Å²) in [6, 6.07) is 5.37. The first kappa shape index (κ1) is 19.6. The first-order chi connectivity index (χ1) is 12.2. The Bertz CT molecular complexity index is 804. The fourth-order valence-corrected chi connectivity index (χ4v) is 3.16.